The highest BCUT2D eigenvalue weighted by molar-refractivity contribution is 6.47. The number of fused-ring (bicyclic) bond motifs is 1. The van der Waals surface area contributed by atoms with Gasteiger partial charge in [-0.15, -0.1) is 0 Å². The minimum Gasteiger partial charge on any atom is -0.535 e. The Balaban J connectivity index is 1.60. The number of carboxylic acid groups (broad SMARTS) is 1. The Labute approximate surface area is 168 Å². The Morgan fingerprint density at radius 3 is 2.55 bits per heavy atom. The van der Waals surface area contributed by atoms with Crippen LogP contribution in [0.2, 0.25) is 5.82 Å². The lowest BCUT2D eigenvalue weighted by molar-refractivity contribution is -0.129. The number of benzene rings is 1. The molecule has 3 rings (SSSR count). The number of aromatic carboxylic acids is 1. The van der Waals surface area contributed by atoms with Crippen molar-refractivity contribution in [2.24, 2.45) is 17.4 Å². The van der Waals surface area contributed by atoms with Crippen molar-refractivity contribution in [2.45, 2.75) is 56.5 Å². The Bertz CT molecular complexity index is 809. The zero-order valence-corrected chi connectivity index (χ0v) is 16.2. The molecule has 156 valence electrons. The zero-order chi connectivity index (χ0) is 21.3. The minimum absolute atomic E-state index is 0.0109. The van der Waals surface area contributed by atoms with E-state index in [-0.39, 0.29) is 47.4 Å². The maximum absolute atomic E-state index is 12.6. The van der Waals surface area contributed by atoms with Gasteiger partial charge in [0.15, 0.2) is 5.78 Å². The number of nitrogens with one attached hydrogen (secondary N) is 1. The number of nitrogens with two attached hydrogens (primary N) is 2. The van der Waals surface area contributed by atoms with Gasteiger partial charge in [-0.05, 0) is 37.8 Å². The Hall–Kier alpha value is -2.43. The monoisotopic (exact) mass is 403 g/mol. The molecule has 10 heteroatoms. The summed E-state index contributed by atoms with van der Waals surface area (Å²) in [4.78, 5) is 36.3. The second kappa shape index (κ2) is 8.52. The van der Waals surface area contributed by atoms with Crippen molar-refractivity contribution < 1.29 is 29.2 Å². The van der Waals surface area contributed by atoms with Gasteiger partial charge in [0.2, 0.25) is 5.91 Å². The fourth-order valence-electron chi connectivity index (χ4n) is 3.99. The lowest BCUT2D eigenvalue weighted by Gasteiger charge is -2.28. The second-order valence-corrected chi connectivity index (χ2v) is 7.97. The van der Waals surface area contributed by atoms with Gasteiger partial charge in [0.05, 0.1) is 11.6 Å². The maximum Gasteiger partial charge on any atom is 0.526 e. The minimum atomic E-state index is -1.30. The lowest BCUT2D eigenvalue weighted by atomic mass is 9.64. The van der Waals surface area contributed by atoms with Crippen molar-refractivity contribution in [1.82, 2.24) is 5.32 Å². The number of amides is 1. The summed E-state index contributed by atoms with van der Waals surface area (Å²) in [5.41, 5.74) is 12.3. The molecule has 2 aliphatic rings. The third-order valence-electron chi connectivity index (χ3n) is 5.79. The van der Waals surface area contributed by atoms with E-state index in [0.717, 1.165) is 0 Å². The largest absolute Gasteiger partial charge is 0.535 e. The number of Topliss-reactive ketones (excluding diaryl/α,β-unsaturated/α-hetero) is 1. The average molecular weight is 403 g/mol. The highest BCUT2D eigenvalue weighted by atomic mass is 16.5. The van der Waals surface area contributed by atoms with Gasteiger partial charge in [-0.1, -0.05) is 12.1 Å². The second-order valence-electron chi connectivity index (χ2n) is 7.97. The molecule has 1 aliphatic carbocycles. The summed E-state index contributed by atoms with van der Waals surface area (Å²) >= 11 is 0. The average Bonchev–Trinajstić information content (AvgIpc) is 3.00. The molecule has 1 fully saturated rings. The molecule has 1 aromatic rings. The molecule has 4 atom stereocenters. The highest BCUT2D eigenvalue weighted by Crippen LogP contribution is 2.36. The number of carbonyl (C=O) groups is 3. The van der Waals surface area contributed by atoms with Crippen LogP contribution < -0.4 is 21.4 Å². The summed E-state index contributed by atoms with van der Waals surface area (Å²) in [6, 6.07) is 3.54. The van der Waals surface area contributed by atoms with Crippen LogP contribution in [0.15, 0.2) is 18.2 Å². The van der Waals surface area contributed by atoms with Crippen LogP contribution in [0.1, 0.15) is 42.1 Å². The first-order chi connectivity index (χ1) is 13.7. The van der Waals surface area contributed by atoms with Gasteiger partial charge < -0.3 is 31.6 Å². The molecule has 0 radical (unpaired) electrons. The topological polar surface area (TPSA) is 165 Å². The number of ketones is 1. The fraction of sp³-hybridized carbons (Fsp3) is 0.526. The van der Waals surface area contributed by atoms with Crippen molar-refractivity contribution >= 4 is 24.8 Å². The van der Waals surface area contributed by atoms with Crippen LogP contribution in [-0.4, -0.2) is 53.0 Å². The van der Waals surface area contributed by atoms with Crippen LogP contribution in [0.5, 0.6) is 5.75 Å². The zero-order valence-electron chi connectivity index (χ0n) is 16.2. The van der Waals surface area contributed by atoms with Crippen molar-refractivity contribution in [3.05, 3.63) is 29.3 Å². The van der Waals surface area contributed by atoms with E-state index in [9.17, 15) is 24.5 Å². The SMILES string of the molecule is CC(NC(=O)C1C[C@H](N)[C@@H](N)C1)C(=O)C[C@H]1Cc2cccc(C(=O)O)c2OB1O. The molecule has 29 heavy (non-hydrogen) atoms. The molecule has 0 saturated heterocycles. The number of hydrogen-bond donors (Lipinski definition) is 5. The van der Waals surface area contributed by atoms with E-state index in [2.05, 4.69) is 5.32 Å². The first-order valence-corrected chi connectivity index (χ1v) is 9.71. The number of carbonyl (C=O) groups excluding carboxylic acids is 2. The lowest BCUT2D eigenvalue weighted by Crippen LogP contribution is -2.43. The Kier molecular flexibility index (Phi) is 6.25. The normalized spacial score (nSPS) is 25.1. The fourth-order valence-corrected chi connectivity index (χ4v) is 3.99. The van der Waals surface area contributed by atoms with Crippen LogP contribution in [0.3, 0.4) is 0 Å². The van der Waals surface area contributed by atoms with Crippen LogP contribution in [-0.2, 0) is 16.0 Å². The number of carboxylic acids is 1. The highest BCUT2D eigenvalue weighted by Gasteiger charge is 2.39. The van der Waals surface area contributed by atoms with E-state index >= 15 is 0 Å². The van der Waals surface area contributed by atoms with Crippen molar-refractivity contribution in [3.63, 3.8) is 0 Å². The van der Waals surface area contributed by atoms with Gasteiger partial charge in [0.25, 0.3) is 0 Å². The van der Waals surface area contributed by atoms with Crippen LogP contribution in [0.25, 0.3) is 0 Å². The Morgan fingerprint density at radius 2 is 1.93 bits per heavy atom. The van der Waals surface area contributed by atoms with Gasteiger partial charge in [-0.3, -0.25) is 9.59 Å². The van der Waals surface area contributed by atoms with E-state index in [4.69, 9.17) is 16.1 Å². The summed E-state index contributed by atoms with van der Waals surface area (Å²) in [6.45, 7) is 1.60. The van der Waals surface area contributed by atoms with E-state index in [1.54, 1.807) is 19.1 Å². The summed E-state index contributed by atoms with van der Waals surface area (Å²) < 4.78 is 5.41. The maximum atomic E-state index is 12.6. The van der Waals surface area contributed by atoms with Crippen LogP contribution in [0, 0.1) is 5.92 Å². The molecular formula is C19H26BN3O6. The molecule has 1 saturated carbocycles. The summed E-state index contributed by atoms with van der Waals surface area (Å²) in [7, 11) is -1.30. The van der Waals surface area contributed by atoms with Gasteiger partial charge in [0.1, 0.15) is 5.75 Å². The Morgan fingerprint density at radius 1 is 1.28 bits per heavy atom. The third-order valence-corrected chi connectivity index (χ3v) is 5.79. The molecule has 1 unspecified atom stereocenters. The third kappa shape index (κ3) is 4.60. The van der Waals surface area contributed by atoms with Crippen molar-refractivity contribution in [2.75, 3.05) is 0 Å². The predicted molar refractivity (Wildman–Crippen MR) is 105 cm³/mol. The smallest absolute Gasteiger partial charge is 0.526 e. The van der Waals surface area contributed by atoms with E-state index in [1.165, 1.54) is 6.07 Å². The molecule has 0 bridgehead atoms. The first-order valence-electron chi connectivity index (χ1n) is 9.71. The summed E-state index contributed by atoms with van der Waals surface area (Å²) in [5.74, 6) is -2.34. The molecule has 1 heterocycles. The number of para-hydroxylation sites is 1. The summed E-state index contributed by atoms with van der Waals surface area (Å²) in [5, 5.41) is 22.2. The van der Waals surface area contributed by atoms with Gasteiger partial charge in [-0.2, -0.15) is 0 Å². The molecule has 0 spiro atoms. The molecular weight excluding hydrogens is 377 g/mol. The molecule has 0 aromatic heterocycles. The predicted octanol–water partition coefficient (Wildman–Crippen LogP) is -0.301. The first kappa shape index (κ1) is 21.3. The molecule has 7 N–H and O–H groups in total. The van der Waals surface area contributed by atoms with E-state index < -0.39 is 24.9 Å². The van der Waals surface area contributed by atoms with E-state index in [0.29, 0.717) is 24.8 Å². The molecule has 1 aromatic carbocycles. The number of rotatable bonds is 6. The van der Waals surface area contributed by atoms with Gasteiger partial charge >= 0.3 is 13.1 Å². The van der Waals surface area contributed by atoms with Gasteiger partial charge in [-0.25, -0.2) is 4.79 Å². The molecule has 1 amide bonds. The van der Waals surface area contributed by atoms with Crippen LogP contribution in [0.4, 0.5) is 0 Å². The van der Waals surface area contributed by atoms with E-state index in [1.807, 2.05) is 0 Å². The summed E-state index contributed by atoms with van der Waals surface area (Å²) in [6.07, 6.45) is 1.27. The molecule has 9 nitrogen and oxygen atoms in total. The van der Waals surface area contributed by atoms with Crippen molar-refractivity contribution in [3.8, 4) is 5.75 Å². The number of hydrogen-bond acceptors (Lipinski definition) is 7. The molecule has 1 aliphatic heterocycles. The standard InChI is InChI=1S/C19H26BN3O6/c1-9(23-18(25)11-6-14(21)15(22)7-11)16(24)8-12-5-10-3-2-4-13(19(26)27)17(10)29-20(12)28/h2-4,9,11-12,14-15,28H,5-8,21-22H2,1H3,(H,23,25)(H,26,27)/t9?,12-,14+,15+/m1/s1. The quantitative estimate of drug-likeness (QED) is 0.404. The van der Waals surface area contributed by atoms with Crippen molar-refractivity contribution in [1.29, 1.82) is 0 Å². The van der Waals surface area contributed by atoms with Crippen LogP contribution >= 0.6 is 0 Å². The van der Waals surface area contributed by atoms with Gasteiger partial charge in [0, 0.05) is 30.2 Å².